The molecule has 2 rings (SSSR count). The molecule has 1 aromatic heterocycles. The summed E-state index contributed by atoms with van der Waals surface area (Å²) in [6, 6.07) is 5.64. The van der Waals surface area contributed by atoms with E-state index in [-0.39, 0.29) is 6.61 Å². The first kappa shape index (κ1) is 13.3. The van der Waals surface area contributed by atoms with Crippen LogP contribution in [0.4, 0.5) is 0 Å². The van der Waals surface area contributed by atoms with E-state index in [0.29, 0.717) is 30.5 Å². The zero-order valence-electron chi connectivity index (χ0n) is 11.0. The van der Waals surface area contributed by atoms with Crippen LogP contribution < -0.4 is 15.2 Å². The lowest BCUT2D eigenvalue weighted by atomic mass is 10.2. The van der Waals surface area contributed by atoms with E-state index in [4.69, 9.17) is 15.2 Å². The van der Waals surface area contributed by atoms with Gasteiger partial charge in [0, 0.05) is 12.1 Å². The van der Waals surface area contributed by atoms with Gasteiger partial charge in [-0.05, 0) is 18.2 Å². The average molecular weight is 263 g/mol. The first-order valence-electron chi connectivity index (χ1n) is 6.05. The van der Waals surface area contributed by atoms with Gasteiger partial charge in [-0.2, -0.15) is 4.80 Å². The molecule has 7 nitrogen and oxygen atoms in total. The number of hydrogen-bond acceptors (Lipinski definition) is 6. The molecule has 0 saturated heterocycles. The van der Waals surface area contributed by atoms with Crippen molar-refractivity contribution in [2.45, 2.75) is 20.1 Å². The van der Waals surface area contributed by atoms with Gasteiger partial charge < -0.3 is 15.2 Å². The fraction of sp³-hybridized carbons (Fsp3) is 0.417. The van der Waals surface area contributed by atoms with Crippen molar-refractivity contribution in [2.24, 2.45) is 12.8 Å². The molecule has 0 unspecified atom stereocenters. The third kappa shape index (κ3) is 3.19. The Morgan fingerprint density at radius 3 is 2.79 bits per heavy atom. The number of ether oxygens (including phenoxy) is 2. The minimum atomic E-state index is 0.227. The van der Waals surface area contributed by atoms with Gasteiger partial charge in [-0.25, -0.2) is 0 Å². The first-order chi connectivity index (χ1) is 9.24. The summed E-state index contributed by atoms with van der Waals surface area (Å²) >= 11 is 0. The molecule has 0 radical (unpaired) electrons. The van der Waals surface area contributed by atoms with Crippen LogP contribution in [0.5, 0.6) is 11.5 Å². The van der Waals surface area contributed by atoms with Crippen molar-refractivity contribution in [1.82, 2.24) is 20.2 Å². The Labute approximate surface area is 111 Å². The van der Waals surface area contributed by atoms with Crippen molar-refractivity contribution >= 4 is 0 Å². The zero-order valence-corrected chi connectivity index (χ0v) is 11.0. The van der Waals surface area contributed by atoms with Gasteiger partial charge >= 0.3 is 0 Å². The van der Waals surface area contributed by atoms with Crippen LogP contribution in [0.2, 0.25) is 0 Å². The smallest absolute Gasteiger partial charge is 0.212 e. The topological polar surface area (TPSA) is 88.1 Å². The monoisotopic (exact) mass is 263 g/mol. The van der Waals surface area contributed by atoms with E-state index in [1.165, 1.54) is 4.80 Å². The molecule has 7 heteroatoms. The molecule has 0 saturated carbocycles. The minimum absolute atomic E-state index is 0.227. The molecule has 0 bridgehead atoms. The summed E-state index contributed by atoms with van der Waals surface area (Å²) in [7, 11) is 1.70. The van der Waals surface area contributed by atoms with E-state index in [1.54, 1.807) is 7.05 Å². The van der Waals surface area contributed by atoms with E-state index >= 15 is 0 Å². The molecule has 0 amide bonds. The van der Waals surface area contributed by atoms with Crippen LogP contribution in [0.1, 0.15) is 18.3 Å². The molecule has 0 aliphatic carbocycles. The second-order valence-electron chi connectivity index (χ2n) is 3.87. The second-order valence-corrected chi connectivity index (χ2v) is 3.87. The number of para-hydroxylation sites is 1. The average Bonchev–Trinajstić information content (AvgIpc) is 2.83. The molecule has 19 heavy (non-hydrogen) atoms. The molecule has 0 spiro atoms. The predicted molar refractivity (Wildman–Crippen MR) is 68.6 cm³/mol. The Morgan fingerprint density at radius 1 is 1.32 bits per heavy atom. The van der Waals surface area contributed by atoms with E-state index in [0.717, 1.165) is 5.56 Å². The van der Waals surface area contributed by atoms with Crippen LogP contribution in [-0.2, 0) is 20.2 Å². The number of benzene rings is 1. The molecule has 0 aliphatic rings. The Balaban J connectivity index is 2.17. The maximum atomic E-state index is 5.73. The lowest BCUT2D eigenvalue weighted by Gasteiger charge is -2.14. The first-order valence-corrected chi connectivity index (χ1v) is 6.05. The SMILES string of the molecule is CCOc1cccc(CN)c1OCc1nnn(C)n1. The molecule has 1 heterocycles. The molecule has 0 aliphatic heterocycles. The number of rotatable bonds is 6. The molecule has 2 N–H and O–H groups in total. The van der Waals surface area contributed by atoms with Crippen molar-refractivity contribution in [1.29, 1.82) is 0 Å². The molecule has 0 atom stereocenters. The largest absolute Gasteiger partial charge is 0.490 e. The Hall–Kier alpha value is -2.15. The number of hydrogen-bond donors (Lipinski definition) is 1. The maximum absolute atomic E-state index is 5.73. The number of aromatic nitrogens is 4. The highest BCUT2D eigenvalue weighted by Crippen LogP contribution is 2.31. The number of nitrogens with two attached hydrogens (primary N) is 1. The molecule has 0 fully saturated rings. The van der Waals surface area contributed by atoms with Gasteiger partial charge in [0.15, 0.2) is 18.1 Å². The quantitative estimate of drug-likeness (QED) is 0.823. The maximum Gasteiger partial charge on any atom is 0.212 e. The summed E-state index contributed by atoms with van der Waals surface area (Å²) in [5.41, 5.74) is 6.59. The number of nitrogens with zero attached hydrogens (tertiary/aromatic N) is 4. The summed E-state index contributed by atoms with van der Waals surface area (Å²) < 4.78 is 11.3. The third-order valence-corrected chi connectivity index (χ3v) is 2.48. The normalized spacial score (nSPS) is 10.5. The van der Waals surface area contributed by atoms with E-state index in [9.17, 15) is 0 Å². The number of aryl methyl sites for hydroxylation is 1. The van der Waals surface area contributed by atoms with E-state index in [2.05, 4.69) is 15.4 Å². The van der Waals surface area contributed by atoms with Crippen molar-refractivity contribution in [3.63, 3.8) is 0 Å². The van der Waals surface area contributed by atoms with Gasteiger partial charge in [0.05, 0.1) is 13.7 Å². The molecule has 2 aromatic rings. The number of tetrazole rings is 1. The lowest BCUT2D eigenvalue weighted by Crippen LogP contribution is -2.06. The third-order valence-electron chi connectivity index (χ3n) is 2.48. The lowest BCUT2D eigenvalue weighted by molar-refractivity contribution is 0.260. The summed E-state index contributed by atoms with van der Waals surface area (Å²) in [5, 5.41) is 11.7. The second kappa shape index (κ2) is 6.14. The van der Waals surface area contributed by atoms with Crippen molar-refractivity contribution in [3.8, 4) is 11.5 Å². The van der Waals surface area contributed by atoms with Crippen LogP contribution in [-0.4, -0.2) is 26.8 Å². The van der Waals surface area contributed by atoms with Gasteiger partial charge in [-0.3, -0.25) is 0 Å². The van der Waals surface area contributed by atoms with Gasteiger partial charge in [0.25, 0.3) is 0 Å². The van der Waals surface area contributed by atoms with Crippen LogP contribution in [0.3, 0.4) is 0 Å². The standard InChI is InChI=1S/C12H17N5O2/c1-3-18-10-6-4-5-9(7-13)12(10)19-8-11-14-16-17(2)15-11/h4-6H,3,7-8,13H2,1-2H3. The zero-order chi connectivity index (χ0) is 13.7. The summed E-state index contributed by atoms with van der Waals surface area (Å²) in [5.74, 6) is 1.82. The van der Waals surface area contributed by atoms with Crippen molar-refractivity contribution < 1.29 is 9.47 Å². The molecule has 102 valence electrons. The van der Waals surface area contributed by atoms with Gasteiger partial charge in [-0.15, -0.1) is 10.2 Å². The Kier molecular flexibility index (Phi) is 4.30. The van der Waals surface area contributed by atoms with Crippen LogP contribution in [0.15, 0.2) is 18.2 Å². The van der Waals surface area contributed by atoms with Crippen LogP contribution >= 0.6 is 0 Å². The highest BCUT2D eigenvalue weighted by molar-refractivity contribution is 5.46. The minimum Gasteiger partial charge on any atom is -0.490 e. The van der Waals surface area contributed by atoms with Crippen molar-refractivity contribution in [2.75, 3.05) is 6.61 Å². The Morgan fingerprint density at radius 2 is 2.16 bits per heavy atom. The highest BCUT2D eigenvalue weighted by Gasteiger charge is 2.11. The van der Waals surface area contributed by atoms with Gasteiger partial charge in [-0.1, -0.05) is 12.1 Å². The van der Waals surface area contributed by atoms with E-state index < -0.39 is 0 Å². The fourth-order valence-corrected chi connectivity index (χ4v) is 1.67. The Bertz CT molecular complexity index is 541. The van der Waals surface area contributed by atoms with Gasteiger partial charge in [0.1, 0.15) is 0 Å². The summed E-state index contributed by atoms with van der Waals surface area (Å²) in [4.78, 5) is 1.39. The van der Waals surface area contributed by atoms with Crippen LogP contribution in [0, 0.1) is 0 Å². The van der Waals surface area contributed by atoms with E-state index in [1.807, 2.05) is 25.1 Å². The molecular formula is C12H17N5O2. The van der Waals surface area contributed by atoms with Crippen LogP contribution in [0.25, 0.3) is 0 Å². The molecular weight excluding hydrogens is 246 g/mol. The highest BCUT2D eigenvalue weighted by atomic mass is 16.5. The van der Waals surface area contributed by atoms with Crippen molar-refractivity contribution in [3.05, 3.63) is 29.6 Å². The molecule has 1 aromatic carbocycles. The van der Waals surface area contributed by atoms with Gasteiger partial charge in [0.2, 0.25) is 5.82 Å². The summed E-state index contributed by atoms with van der Waals surface area (Å²) in [6.45, 7) is 3.09. The summed E-state index contributed by atoms with van der Waals surface area (Å²) in [6.07, 6.45) is 0. The predicted octanol–water partition coefficient (Wildman–Crippen LogP) is 0.646. The fourth-order valence-electron chi connectivity index (χ4n) is 1.67.